The monoisotopic (exact) mass is 238 g/mol. The van der Waals surface area contributed by atoms with Gasteiger partial charge in [0.05, 0.1) is 5.60 Å². The SMILES string of the molecule is CN(C1CCNC1)C1CCOC2(CCCC2)C1. The number of rotatable bonds is 2. The summed E-state index contributed by atoms with van der Waals surface area (Å²) in [4.78, 5) is 2.64. The van der Waals surface area contributed by atoms with Crippen LogP contribution in [0.25, 0.3) is 0 Å². The molecule has 1 spiro atoms. The molecule has 0 radical (unpaired) electrons. The lowest BCUT2D eigenvalue weighted by Crippen LogP contribution is -2.49. The smallest absolute Gasteiger partial charge is 0.0697 e. The number of hydrogen-bond acceptors (Lipinski definition) is 3. The van der Waals surface area contributed by atoms with E-state index in [0.717, 1.165) is 18.7 Å². The third kappa shape index (κ3) is 2.38. The molecule has 0 aromatic rings. The van der Waals surface area contributed by atoms with E-state index >= 15 is 0 Å². The van der Waals surface area contributed by atoms with Gasteiger partial charge >= 0.3 is 0 Å². The normalized spacial score (nSPS) is 37.1. The van der Waals surface area contributed by atoms with Crippen molar-refractivity contribution in [1.82, 2.24) is 10.2 Å². The Morgan fingerprint density at radius 1 is 1.18 bits per heavy atom. The zero-order valence-electron chi connectivity index (χ0n) is 11.1. The molecule has 0 bridgehead atoms. The van der Waals surface area contributed by atoms with Gasteiger partial charge in [-0.15, -0.1) is 0 Å². The molecule has 3 rings (SSSR count). The third-order valence-corrected chi connectivity index (χ3v) is 5.17. The van der Waals surface area contributed by atoms with Gasteiger partial charge in [-0.05, 0) is 45.7 Å². The van der Waals surface area contributed by atoms with Crippen LogP contribution in [-0.2, 0) is 4.74 Å². The van der Waals surface area contributed by atoms with Crippen molar-refractivity contribution in [2.24, 2.45) is 0 Å². The van der Waals surface area contributed by atoms with Crippen molar-refractivity contribution in [3.8, 4) is 0 Å². The molecule has 2 saturated heterocycles. The van der Waals surface area contributed by atoms with Crippen molar-refractivity contribution in [2.75, 3.05) is 26.7 Å². The first kappa shape index (κ1) is 11.9. The highest BCUT2D eigenvalue weighted by Crippen LogP contribution is 2.41. The molecule has 3 heteroatoms. The molecule has 2 unspecified atom stereocenters. The molecule has 3 aliphatic rings. The quantitative estimate of drug-likeness (QED) is 0.793. The van der Waals surface area contributed by atoms with E-state index in [1.807, 2.05) is 0 Å². The standard InChI is InChI=1S/C14H26N2O/c1-16(13-4-8-15-11-13)12-5-9-17-14(10-12)6-2-3-7-14/h12-13,15H,2-11H2,1H3. The van der Waals surface area contributed by atoms with Gasteiger partial charge in [-0.25, -0.2) is 0 Å². The highest BCUT2D eigenvalue weighted by atomic mass is 16.5. The first-order chi connectivity index (χ1) is 8.29. The lowest BCUT2D eigenvalue weighted by atomic mass is 9.87. The van der Waals surface area contributed by atoms with Crippen LogP contribution in [0.4, 0.5) is 0 Å². The van der Waals surface area contributed by atoms with Crippen molar-refractivity contribution < 1.29 is 4.74 Å². The summed E-state index contributed by atoms with van der Waals surface area (Å²) < 4.78 is 6.13. The lowest BCUT2D eigenvalue weighted by Gasteiger charge is -2.43. The van der Waals surface area contributed by atoms with E-state index in [1.54, 1.807) is 0 Å². The topological polar surface area (TPSA) is 24.5 Å². The Hall–Kier alpha value is -0.120. The van der Waals surface area contributed by atoms with Crippen LogP contribution in [-0.4, -0.2) is 49.3 Å². The third-order valence-electron chi connectivity index (χ3n) is 5.17. The molecule has 0 aromatic heterocycles. The molecular weight excluding hydrogens is 212 g/mol. The van der Waals surface area contributed by atoms with Crippen molar-refractivity contribution in [2.45, 2.75) is 62.6 Å². The van der Waals surface area contributed by atoms with Crippen LogP contribution < -0.4 is 5.32 Å². The average molecular weight is 238 g/mol. The molecule has 0 aromatic carbocycles. The maximum atomic E-state index is 6.13. The highest BCUT2D eigenvalue weighted by molar-refractivity contribution is 4.95. The molecule has 1 aliphatic carbocycles. The summed E-state index contributed by atoms with van der Waals surface area (Å²) in [5, 5.41) is 3.48. The Morgan fingerprint density at radius 2 is 2.00 bits per heavy atom. The number of nitrogens with one attached hydrogen (secondary N) is 1. The second-order valence-electron chi connectivity index (χ2n) is 6.20. The minimum atomic E-state index is 0.267. The molecule has 98 valence electrons. The van der Waals surface area contributed by atoms with E-state index < -0.39 is 0 Å². The molecule has 0 amide bonds. The van der Waals surface area contributed by atoms with E-state index in [1.165, 1.54) is 58.0 Å². The van der Waals surface area contributed by atoms with Gasteiger partial charge in [0.2, 0.25) is 0 Å². The van der Waals surface area contributed by atoms with Crippen LogP contribution in [0.2, 0.25) is 0 Å². The molecule has 2 aliphatic heterocycles. The summed E-state index contributed by atoms with van der Waals surface area (Å²) in [5.74, 6) is 0. The number of likely N-dealkylation sites (N-methyl/N-ethyl adjacent to an activating group) is 1. The Kier molecular flexibility index (Phi) is 3.42. The highest BCUT2D eigenvalue weighted by Gasteiger charge is 2.41. The fourth-order valence-corrected chi connectivity index (χ4v) is 4.00. The summed E-state index contributed by atoms with van der Waals surface area (Å²) in [6.45, 7) is 3.36. The summed E-state index contributed by atoms with van der Waals surface area (Å²) in [5.41, 5.74) is 0.267. The van der Waals surface area contributed by atoms with Gasteiger partial charge in [0.1, 0.15) is 0 Å². The Morgan fingerprint density at radius 3 is 2.71 bits per heavy atom. The van der Waals surface area contributed by atoms with Crippen molar-refractivity contribution in [3.05, 3.63) is 0 Å². The van der Waals surface area contributed by atoms with Crippen molar-refractivity contribution in [1.29, 1.82) is 0 Å². The Balaban J connectivity index is 1.62. The predicted molar refractivity (Wildman–Crippen MR) is 69.2 cm³/mol. The van der Waals surface area contributed by atoms with Gasteiger partial charge in [0.25, 0.3) is 0 Å². The molecule has 2 atom stereocenters. The molecule has 1 N–H and O–H groups in total. The summed E-state index contributed by atoms with van der Waals surface area (Å²) in [6, 6.07) is 1.52. The first-order valence-corrected chi connectivity index (χ1v) is 7.36. The van der Waals surface area contributed by atoms with Crippen LogP contribution in [0.15, 0.2) is 0 Å². The molecule has 17 heavy (non-hydrogen) atoms. The molecule has 3 fully saturated rings. The first-order valence-electron chi connectivity index (χ1n) is 7.36. The van der Waals surface area contributed by atoms with Crippen LogP contribution in [0.5, 0.6) is 0 Å². The van der Waals surface area contributed by atoms with Crippen molar-refractivity contribution >= 4 is 0 Å². The minimum Gasteiger partial charge on any atom is -0.375 e. The number of hydrogen-bond donors (Lipinski definition) is 1. The minimum absolute atomic E-state index is 0.267. The van der Waals surface area contributed by atoms with E-state index in [9.17, 15) is 0 Å². The van der Waals surface area contributed by atoms with Gasteiger partial charge < -0.3 is 10.1 Å². The molecule has 1 saturated carbocycles. The van der Waals surface area contributed by atoms with Crippen LogP contribution in [0.1, 0.15) is 44.9 Å². The maximum absolute atomic E-state index is 6.13. The summed E-state index contributed by atoms with van der Waals surface area (Å²) in [6.07, 6.45) is 9.19. The van der Waals surface area contributed by atoms with Crippen LogP contribution >= 0.6 is 0 Å². The summed E-state index contributed by atoms with van der Waals surface area (Å²) >= 11 is 0. The van der Waals surface area contributed by atoms with E-state index in [-0.39, 0.29) is 5.60 Å². The zero-order chi connectivity index (χ0) is 11.7. The zero-order valence-corrected chi connectivity index (χ0v) is 11.1. The van der Waals surface area contributed by atoms with Crippen LogP contribution in [0, 0.1) is 0 Å². The van der Waals surface area contributed by atoms with Gasteiger partial charge in [-0.1, -0.05) is 12.8 Å². The molecule has 2 heterocycles. The molecular formula is C14H26N2O. The van der Waals surface area contributed by atoms with Crippen LogP contribution in [0.3, 0.4) is 0 Å². The predicted octanol–water partition coefficient (Wildman–Crippen LogP) is 1.77. The van der Waals surface area contributed by atoms with E-state index in [0.29, 0.717) is 0 Å². The fourth-order valence-electron chi connectivity index (χ4n) is 4.00. The van der Waals surface area contributed by atoms with Gasteiger partial charge in [0, 0.05) is 25.2 Å². The Labute approximate surface area is 105 Å². The summed E-state index contributed by atoms with van der Waals surface area (Å²) in [7, 11) is 2.33. The number of nitrogens with zero attached hydrogens (tertiary/aromatic N) is 1. The lowest BCUT2D eigenvalue weighted by molar-refractivity contribution is -0.102. The fraction of sp³-hybridized carbons (Fsp3) is 1.00. The maximum Gasteiger partial charge on any atom is 0.0697 e. The second-order valence-corrected chi connectivity index (χ2v) is 6.20. The number of ether oxygens (including phenoxy) is 1. The van der Waals surface area contributed by atoms with Gasteiger partial charge in [0.15, 0.2) is 0 Å². The van der Waals surface area contributed by atoms with E-state index in [4.69, 9.17) is 4.74 Å². The van der Waals surface area contributed by atoms with Gasteiger partial charge in [-0.3, -0.25) is 4.90 Å². The Bertz CT molecular complexity index is 257. The van der Waals surface area contributed by atoms with Gasteiger partial charge in [-0.2, -0.15) is 0 Å². The second kappa shape index (κ2) is 4.87. The van der Waals surface area contributed by atoms with E-state index in [2.05, 4.69) is 17.3 Å². The van der Waals surface area contributed by atoms with Crippen molar-refractivity contribution in [3.63, 3.8) is 0 Å². The average Bonchev–Trinajstić information content (AvgIpc) is 3.00. The largest absolute Gasteiger partial charge is 0.375 e. The molecule has 3 nitrogen and oxygen atoms in total.